The average Bonchev–Trinajstić information content (AvgIpc) is 2.88. The van der Waals surface area contributed by atoms with Gasteiger partial charge in [-0.05, 0) is 25.7 Å². The first kappa shape index (κ1) is 14.6. The first-order valence-corrected chi connectivity index (χ1v) is 7.99. The molecular formula is C15H25N3O3. The van der Waals surface area contributed by atoms with Crippen LogP contribution in [0.15, 0.2) is 0 Å². The Morgan fingerprint density at radius 1 is 1.38 bits per heavy atom. The molecule has 3 aliphatic rings. The number of piperidine rings is 1. The largest absolute Gasteiger partial charge is 0.384 e. The molecule has 3 amide bonds. The molecule has 6 heteroatoms. The first-order valence-electron chi connectivity index (χ1n) is 7.99. The Balaban J connectivity index is 1.65. The summed E-state index contributed by atoms with van der Waals surface area (Å²) in [5, 5.41) is 2.85. The van der Waals surface area contributed by atoms with E-state index in [0.717, 1.165) is 51.7 Å². The molecule has 3 fully saturated rings. The number of hydrogen-bond donors (Lipinski definition) is 1. The van der Waals surface area contributed by atoms with E-state index >= 15 is 0 Å². The molecule has 0 aromatic carbocycles. The van der Waals surface area contributed by atoms with Gasteiger partial charge in [-0.25, -0.2) is 4.79 Å². The van der Waals surface area contributed by atoms with Gasteiger partial charge in [0, 0.05) is 33.3 Å². The first-order chi connectivity index (χ1) is 10.2. The second-order valence-electron chi connectivity index (χ2n) is 6.54. The lowest BCUT2D eigenvalue weighted by atomic mass is 9.68. The number of nitrogens with one attached hydrogen (secondary N) is 1. The predicted molar refractivity (Wildman–Crippen MR) is 77.9 cm³/mol. The molecule has 1 aliphatic carbocycles. The second-order valence-corrected chi connectivity index (χ2v) is 6.54. The van der Waals surface area contributed by atoms with Crippen molar-refractivity contribution in [1.82, 2.24) is 15.1 Å². The molecule has 0 aromatic heterocycles. The molecule has 2 saturated heterocycles. The fourth-order valence-electron chi connectivity index (χ4n) is 3.86. The Bertz CT molecular complexity index is 422. The van der Waals surface area contributed by atoms with Gasteiger partial charge < -0.3 is 19.9 Å². The number of carbonyl (C=O) groups is 2. The molecule has 0 bridgehead atoms. The van der Waals surface area contributed by atoms with Gasteiger partial charge in [0.25, 0.3) is 0 Å². The average molecular weight is 295 g/mol. The van der Waals surface area contributed by atoms with Gasteiger partial charge in [-0.3, -0.25) is 4.79 Å². The van der Waals surface area contributed by atoms with Crippen molar-refractivity contribution in [2.45, 2.75) is 38.1 Å². The maximum absolute atomic E-state index is 12.9. The molecule has 1 N–H and O–H groups in total. The molecule has 0 aromatic rings. The van der Waals surface area contributed by atoms with Crippen molar-refractivity contribution < 1.29 is 14.3 Å². The maximum atomic E-state index is 12.9. The highest BCUT2D eigenvalue weighted by Crippen LogP contribution is 2.43. The summed E-state index contributed by atoms with van der Waals surface area (Å²) in [4.78, 5) is 28.5. The number of rotatable bonds is 4. The second kappa shape index (κ2) is 5.83. The van der Waals surface area contributed by atoms with Crippen LogP contribution in [0.5, 0.6) is 0 Å². The minimum atomic E-state index is -0.288. The van der Waals surface area contributed by atoms with E-state index in [1.807, 2.05) is 9.80 Å². The monoisotopic (exact) mass is 295 g/mol. The summed E-state index contributed by atoms with van der Waals surface area (Å²) in [6, 6.07) is 0.189. The number of methoxy groups -OCH3 is 1. The molecule has 0 radical (unpaired) electrons. The van der Waals surface area contributed by atoms with Crippen LogP contribution < -0.4 is 5.32 Å². The normalized spacial score (nSPS) is 28.2. The van der Waals surface area contributed by atoms with Gasteiger partial charge in [0.15, 0.2) is 0 Å². The Morgan fingerprint density at radius 2 is 2.19 bits per heavy atom. The fourth-order valence-corrected chi connectivity index (χ4v) is 3.86. The Hall–Kier alpha value is -1.30. The van der Waals surface area contributed by atoms with Crippen molar-refractivity contribution in [3.63, 3.8) is 0 Å². The molecule has 1 unspecified atom stereocenters. The number of nitrogens with zero attached hydrogens (tertiary/aromatic N) is 2. The van der Waals surface area contributed by atoms with Crippen molar-refractivity contribution in [2.75, 3.05) is 39.9 Å². The minimum absolute atomic E-state index is 0.0181. The number of hydrogen-bond acceptors (Lipinski definition) is 3. The summed E-state index contributed by atoms with van der Waals surface area (Å²) in [6.07, 6.45) is 4.95. The summed E-state index contributed by atoms with van der Waals surface area (Å²) >= 11 is 0. The molecule has 1 atom stereocenters. The molecule has 0 spiro atoms. The lowest BCUT2D eigenvalue weighted by Gasteiger charge is -2.46. The van der Waals surface area contributed by atoms with E-state index in [0.29, 0.717) is 13.2 Å². The Kier molecular flexibility index (Phi) is 4.06. The van der Waals surface area contributed by atoms with Crippen LogP contribution in [0.3, 0.4) is 0 Å². The van der Waals surface area contributed by atoms with Crippen LogP contribution in [-0.2, 0) is 9.53 Å². The minimum Gasteiger partial charge on any atom is -0.384 e. The van der Waals surface area contributed by atoms with Crippen LogP contribution in [0.1, 0.15) is 32.1 Å². The van der Waals surface area contributed by atoms with E-state index in [4.69, 9.17) is 4.74 Å². The quantitative estimate of drug-likeness (QED) is 0.835. The summed E-state index contributed by atoms with van der Waals surface area (Å²) < 4.78 is 5.28. The maximum Gasteiger partial charge on any atom is 0.317 e. The highest BCUT2D eigenvalue weighted by molar-refractivity contribution is 5.84. The molecule has 6 nitrogen and oxygen atoms in total. The zero-order valence-electron chi connectivity index (χ0n) is 12.8. The number of carbonyl (C=O) groups excluding carboxylic acids is 2. The predicted octanol–water partition coefficient (Wildman–Crippen LogP) is 0.819. The van der Waals surface area contributed by atoms with Crippen LogP contribution >= 0.6 is 0 Å². The number of urea groups is 1. The van der Waals surface area contributed by atoms with Crippen LogP contribution in [0.4, 0.5) is 4.79 Å². The zero-order chi connectivity index (χ0) is 14.9. The van der Waals surface area contributed by atoms with Crippen molar-refractivity contribution in [3.05, 3.63) is 0 Å². The molecule has 118 valence electrons. The van der Waals surface area contributed by atoms with Crippen molar-refractivity contribution in [1.29, 1.82) is 0 Å². The van der Waals surface area contributed by atoms with E-state index < -0.39 is 0 Å². The molecule has 2 aliphatic heterocycles. The lowest BCUT2D eigenvalue weighted by Crippen LogP contribution is -2.56. The van der Waals surface area contributed by atoms with Crippen LogP contribution in [0.2, 0.25) is 0 Å². The third-order valence-electron chi connectivity index (χ3n) is 5.20. The lowest BCUT2D eigenvalue weighted by molar-refractivity contribution is -0.154. The van der Waals surface area contributed by atoms with E-state index in [2.05, 4.69) is 5.32 Å². The van der Waals surface area contributed by atoms with Gasteiger partial charge in [-0.1, -0.05) is 6.42 Å². The Morgan fingerprint density at radius 3 is 2.76 bits per heavy atom. The zero-order valence-corrected chi connectivity index (χ0v) is 12.8. The standard InChI is InChI=1S/C15H25N3O3/c1-21-11-15(5-3-6-15)13(19)17-8-2-4-12(10-17)18-9-7-16-14(18)20/h12H,2-11H2,1H3,(H,16,20). The molecule has 3 rings (SSSR count). The molecular weight excluding hydrogens is 270 g/mol. The number of amides is 3. The van der Waals surface area contributed by atoms with Crippen LogP contribution in [0.25, 0.3) is 0 Å². The number of ether oxygens (including phenoxy) is 1. The summed E-state index contributed by atoms with van der Waals surface area (Å²) in [6.45, 7) is 3.50. The highest BCUT2D eigenvalue weighted by Gasteiger charge is 2.47. The fraction of sp³-hybridized carbons (Fsp3) is 0.867. The smallest absolute Gasteiger partial charge is 0.317 e. The molecule has 1 saturated carbocycles. The van der Waals surface area contributed by atoms with E-state index in [9.17, 15) is 9.59 Å². The van der Waals surface area contributed by atoms with Gasteiger partial charge >= 0.3 is 6.03 Å². The van der Waals surface area contributed by atoms with Gasteiger partial charge in [-0.2, -0.15) is 0 Å². The third kappa shape index (κ3) is 2.61. The van der Waals surface area contributed by atoms with Crippen LogP contribution in [0, 0.1) is 5.41 Å². The summed E-state index contributed by atoms with van der Waals surface area (Å²) in [7, 11) is 1.67. The van der Waals surface area contributed by atoms with Gasteiger partial charge in [0.05, 0.1) is 18.1 Å². The van der Waals surface area contributed by atoms with E-state index in [1.165, 1.54) is 0 Å². The van der Waals surface area contributed by atoms with Crippen LogP contribution in [-0.4, -0.2) is 67.7 Å². The van der Waals surface area contributed by atoms with E-state index in [1.54, 1.807) is 7.11 Å². The highest BCUT2D eigenvalue weighted by atomic mass is 16.5. The summed E-state index contributed by atoms with van der Waals surface area (Å²) in [5.74, 6) is 0.236. The topological polar surface area (TPSA) is 61.9 Å². The van der Waals surface area contributed by atoms with Crippen molar-refractivity contribution in [3.8, 4) is 0 Å². The van der Waals surface area contributed by atoms with Crippen molar-refractivity contribution >= 4 is 11.9 Å². The SMILES string of the molecule is COCC1(C(=O)N2CCCC(N3CCNC3=O)C2)CCC1. The van der Waals surface area contributed by atoms with Gasteiger partial charge in [-0.15, -0.1) is 0 Å². The molecule has 2 heterocycles. The Labute approximate surface area is 125 Å². The molecule has 21 heavy (non-hydrogen) atoms. The number of likely N-dealkylation sites (tertiary alicyclic amines) is 1. The third-order valence-corrected chi connectivity index (χ3v) is 5.20. The summed E-state index contributed by atoms with van der Waals surface area (Å²) in [5.41, 5.74) is -0.288. The van der Waals surface area contributed by atoms with Crippen molar-refractivity contribution in [2.24, 2.45) is 5.41 Å². The van der Waals surface area contributed by atoms with Gasteiger partial charge in [0.2, 0.25) is 5.91 Å². The van der Waals surface area contributed by atoms with Gasteiger partial charge in [0.1, 0.15) is 0 Å². The van der Waals surface area contributed by atoms with E-state index in [-0.39, 0.29) is 23.4 Å².